The lowest BCUT2D eigenvalue weighted by Gasteiger charge is -2.20. The van der Waals surface area contributed by atoms with Crippen molar-refractivity contribution in [1.29, 1.82) is 0 Å². The van der Waals surface area contributed by atoms with Gasteiger partial charge in [0.15, 0.2) is 0 Å². The molecule has 1 amide bonds. The molecule has 0 radical (unpaired) electrons. The second-order valence-corrected chi connectivity index (χ2v) is 6.13. The molecule has 0 aliphatic rings. The lowest BCUT2D eigenvalue weighted by molar-refractivity contribution is -0.116. The third kappa shape index (κ3) is 3.69. The van der Waals surface area contributed by atoms with Gasteiger partial charge in [-0.1, -0.05) is 48.0 Å². The molecule has 0 aliphatic carbocycles. The topological polar surface area (TPSA) is 34.0 Å². The minimum atomic E-state index is -0.0410. The van der Waals surface area contributed by atoms with Crippen molar-refractivity contribution >= 4 is 23.2 Å². The van der Waals surface area contributed by atoms with Crippen molar-refractivity contribution in [1.82, 2.24) is 4.57 Å². The summed E-state index contributed by atoms with van der Waals surface area (Å²) in [6, 6.07) is 19.5. The monoisotopic (exact) mass is 338 g/mol. The van der Waals surface area contributed by atoms with E-state index in [0.717, 1.165) is 16.8 Å². The maximum absolute atomic E-state index is 12.6. The van der Waals surface area contributed by atoms with Crippen LogP contribution in [0.4, 0.5) is 5.69 Å². The molecule has 24 heavy (non-hydrogen) atoms. The largest absolute Gasteiger partial charge is 0.346 e. The molecule has 0 bridgehead atoms. The summed E-state index contributed by atoms with van der Waals surface area (Å²) in [5.41, 5.74) is 2.74. The fourth-order valence-corrected chi connectivity index (χ4v) is 2.92. The number of halogens is 1. The lowest BCUT2D eigenvalue weighted by atomic mass is 10.0. The molecular weight excluding hydrogens is 320 g/mol. The summed E-state index contributed by atoms with van der Waals surface area (Å²) in [6.07, 6.45) is 4.32. The molecule has 1 atom stereocenters. The second-order valence-electron chi connectivity index (χ2n) is 5.72. The number of anilines is 1. The van der Waals surface area contributed by atoms with Crippen LogP contribution in [0.1, 0.15) is 23.6 Å². The van der Waals surface area contributed by atoms with Crippen LogP contribution in [0.15, 0.2) is 73.1 Å². The number of nitrogens with zero attached hydrogens (tertiary/aromatic N) is 1. The van der Waals surface area contributed by atoms with Crippen molar-refractivity contribution < 1.29 is 4.79 Å². The first kappa shape index (κ1) is 16.3. The van der Waals surface area contributed by atoms with Crippen LogP contribution in [0.5, 0.6) is 0 Å². The molecule has 0 saturated carbocycles. The number of hydrogen-bond donors (Lipinski definition) is 1. The minimum Gasteiger partial charge on any atom is -0.346 e. The van der Waals surface area contributed by atoms with Crippen LogP contribution in [-0.4, -0.2) is 10.5 Å². The molecular formula is C20H19ClN2O. The first-order valence-corrected chi connectivity index (χ1v) is 8.25. The molecule has 0 fully saturated rings. The van der Waals surface area contributed by atoms with Gasteiger partial charge in [0.05, 0.1) is 12.5 Å². The lowest BCUT2D eigenvalue weighted by Crippen LogP contribution is -2.20. The Hall–Kier alpha value is -2.52. The zero-order valence-corrected chi connectivity index (χ0v) is 14.2. The molecule has 3 rings (SSSR count). The quantitative estimate of drug-likeness (QED) is 0.692. The van der Waals surface area contributed by atoms with E-state index in [0.29, 0.717) is 11.4 Å². The van der Waals surface area contributed by atoms with Crippen LogP contribution < -0.4 is 5.32 Å². The standard InChI is InChI=1S/C20H19ClN2O/c1-15-17(21)10-7-11-18(15)22-20(24)14-19(23-12-5-6-13-23)16-8-3-2-4-9-16/h2-13,19H,14H2,1H3,(H,22,24)/t19-/m0/s1. The smallest absolute Gasteiger partial charge is 0.226 e. The third-order valence-electron chi connectivity index (χ3n) is 4.09. The summed E-state index contributed by atoms with van der Waals surface area (Å²) in [4.78, 5) is 12.6. The minimum absolute atomic E-state index is 0.0390. The number of aromatic nitrogens is 1. The molecule has 0 aliphatic heterocycles. The molecule has 4 heteroatoms. The predicted octanol–water partition coefficient (Wildman–Crippen LogP) is 5.07. The van der Waals surface area contributed by atoms with Crippen LogP contribution in [0.2, 0.25) is 5.02 Å². The number of hydrogen-bond acceptors (Lipinski definition) is 1. The fourth-order valence-electron chi connectivity index (χ4n) is 2.75. The summed E-state index contributed by atoms with van der Waals surface area (Å²) in [5, 5.41) is 3.63. The average Bonchev–Trinajstić information content (AvgIpc) is 3.12. The van der Waals surface area contributed by atoms with Crippen LogP contribution in [0.3, 0.4) is 0 Å². The first-order valence-electron chi connectivity index (χ1n) is 7.87. The van der Waals surface area contributed by atoms with Gasteiger partial charge in [-0.2, -0.15) is 0 Å². The number of carbonyl (C=O) groups excluding carboxylic acids is 1. The van der Waals surface area contributed by atoms with Crippen LogP contribution >= 0.6 is 11.6 Å². The first-order chi connectivity index (χ1) is 11.6. The van der Waals surface area contributed by atoms with Gasteiger partial charge >= 0.3 is 0 Å². The molecule has 1 N–H and O–H groups in total. The van der Waals surface area contributed by atoms with E-state index in [4.69, 9.17) is 11.6 Å². The van der Waals surface area contributed by atoms with Gasteiger partial charge in [-0.3, -0.25) is 4.79 Å². The Balaban J connectivity index is 1.80. The summed E-state index contributed by atoms with van der Waals surface area (Å²) >= 11 is 6.12. The molecule has 1 aromatic heterocycles. The van der Waals surface area contributed by atoms with Crippen LogP contribution in [-0.2, 0) is 4.79 Å². The molecule has 1 heterocycles. The Kier molecular flexibility index (Phi) is 5.02. The van der Waals surface area contributed by atoms with E-state index in [-0.39, 0.29) is 11.9 Å². The van der Waals surface area contributed by atoms with E-state index < -0.39 is 0 Å². The molecule has 3 aromatic rings. The summed E-state index contributed by atoms with van der Waals surface area (Å²) in [5.74, 6) is -0.0390. The zero-order valence-electron chi connectivity index (χ0n) is 13.4. The highest BCUT2D eigenvalue weighted by Gasteiger charge is 2.17. The Morgan fingerprint density at radius 2 is 1.75 bits per heavy atom. The summed E-state index contributed by atoms with van der Waals surface area (Å²) in [7, 11) is 0. The van der Waals surface area contributed by atoms with Crippen molar-refractivity contribution in [2.24, 2.45) is 0 Å². The van der Waals surface area contributed by atoms with E-state index in [1.54, 1.807) is 0 Å². The third-order valence-corrected chi connectivity index (χ3v) is 4.50. The number of amides is 1. The molecule has 2 aromatic carbocycles. The SMILES string of the molecule is Cc1c(Cl)cccc1NC(=O)C[C@@H](c1ccccc1)n1cccc1. The van der Waals surface area contributed by atoms with E-state index >= 15 is 0 Å². The van der Waals surface area contributed by atoms with Gasteiger partial charge in [-0.25, -0.2) is 0 Å². The zero-order chi connectivity index (χ0) is 16.9. The number of rotatable bonds is 5. The van der Waals surface area contributed by atoms with Gasteiger partial charge in [-0.05, 0) is 42.3 Å². The van der Waals surface area contributed by atoms with Gasteiger partial charge in [0.1, 0.15) is 0 Å². The van der Waals surface area contributed by atoms with E-state index in [1.165, 1.54) is 0 Å². The van der Waals surface area contributed by atoms with Crippen molar-refractivity contribution in [2.45, 2.75) is 19.4 Å². The maximum Gasteiger partial charge on any atom is 0.226 e. The normalized spacial score (nSPS) is 11.9. The molecule has 0 saturated heterocycles. The molecule has 0 unspecified atom stereocenters. The van der Waals surface area contributed by atoms with Gasteiger partial charge in [0.25, 0.3) is 0 Å². The Morgan fingerprint density at radius 1 is 1.04 bits per heavy atom. The number of nitrogens with one attached hydrogen (secondary N) is 1. The molecule has 0 spiro atoms. The average molecular weight is 339 g/mol. The summed E-state index contributed by atoms with van der Waals surface area (Å²) < 4.78 is 2.06. The Bertz CT molecular complexity index is 813. The fraction of sp³-hybridized carbons (Fsp3) is 0.150. The molecule has 3 nitrogen and oxygen atoms in total. The number of benzene rings is 2. The highest BCUT2D eigenvalue weighted by Crippen LogP contribution is 2.26. The van der Waals surface area contributed by atoms with Gasteiger partial charge in [0.2, 0.25) is 5.91 Å². The van der Waals surface area contributed by atoms with Gasteiger partial charge in [0, 0.05) is 23.1 Å². The van der Waals surface area contributed by atoms with Gasteiger partial charge in [-0.15, -0.1) is 0 Å². The van der Waals surface area contributed by atoms with Crippen molar-refractivity contribution in [2.75, 3.05) is 5.32 Å². The van der Waals surface area contributed by atoms with Crippen molar-refractivity contribution in [3.8, 4) is 0 Å². The second kappa shape index (κ2) is 7.37. The Labute approximate surface area is 146 Å². The maximum atomic E-state index is 12.6. The van der Waals surface area contributed by atoms with Crippen molar-refractivity contribution in [3.63, 3.8) is 0 Å². The highest BCUT2D eigenvalue weighted by atomic mass is 35.5. The van der Waals surface area contributed by atoms with Crippen LogP contribution in [0, 0.1) is 6.92 Å². The van der Waals surface area contributed by atoms with E-state index in [2.05, 4.69) is 9.88 Å². The van der Waals surface area contributed by atoms with Crippen LogP contribution in [0.25, 0.3) is 0 Å². The Morgan fingerprint density at radius 3 is 2.46 bits per heavy atom. The van der Waals surface area contributed by atoms with Gasteiger partial charge < -0.3 is 9.88 Å². The van der Waals surface area contributed by atoms with E-state index in [1.807, 2.05) is 80.0 Å². The van der Waals surface area contributed by atoms with E-state index in [9.17, 15) is 4.79 Å². The summed E-state index contributed by atoms with van der Waals surface area (Å²) in [6.45, 7) is 1.90. The van der Waals surface area contributed by atoms with Crippen molar-refractivity contribution in [3.05, 3.63) is 89.2 Å². The highest BCUT2D eigenvalue weighted by molar-refractivity contribution is 6.31. The molecule has 122 valence electrons. The number of carbonyl (C=O) groups is 1. The predicted molar refractivity (Wildman–Crippen MR) is 98.4 cm³/mol.